The molecule has 4 heteroatoms. The highest BCUT2D eigenvalue weighted by molar-refractivity contribution is 7.80. The van der Waals surface area contributed by atoms with Gasteiger partial charge in [0.2, 0.25) is 0 Å². The summed E-state index contributed by atoms with van der Waals surface area (Å²) in [4.78, 5) is 0. The molecule has 0 unspecified atom stereocenters. The Morgan fingerprint density at radius 3 is 2.53 bits per heavy atom. The number of benzene rings is 1. The molecule has 0 heterocycles. The largest absolute Gasteiger partial charge is 0.360 e. The molecule has 0 spiro atoms. The third-order valence-corrected chi connectivity index (χ3v) is 4.25. The van der Waals surface area contributed by atoms with Gasteiger partial charge in [-0.15, -0.1) is 0 Å². The van der Waals surface area contributed by atoms with Crippen LogP contribution in [0.15, 0.2) is 18.2 Å². The van der Waals surface area contributed by atoms with E-state index < -0.39 is 0 Å². The van der Waals surface area contributed by atoms with Crippen molar-refractivity contribution in [2.45, 2.75) is 51.5 Å². The van der Waals surface area contributed by atoms with Crippen molar-refractivity contribution in [2.24, 2.45) is 0 Å². The summed E-state index contributed by atoms with van der Waals surface area (Å²) >= 11 is 11.5. The minimum absolute atomic E-state index is 0.517. The van der Waals surface area contributed by atoms with Crippen LogP contribution in [0.25, 0.3) is 0 Å². The third kappa shape index (κ3) is 4.66. The number of aryl methyl sites for hydroxylation is 1. The molecule has 104 valence electrons. The van der Waals surface area contributed by atoms with Gasteiger partial charge < -0.3 is 10.6 Å². The minimum Gasteiger partial charge on any atom is -0.360 e. The van der Waals surface area contributed by atoms with Crippen molar-refractivity contribution >= 4 is 34.6 Å². The first-order valence-electron chi connectivity index (χ1n) is 6.99. The topological polar surface area (TPSA) is 24.1 Å². The monoisotopic (exact) mass is 296 g/mol. The van der Waals surface area contributed by atoms with E-state index in [2.05, 4.69) is 10.6 Å². The lowest BCUT2D eigenvalue weighted by molar-refractivity contribution is 0.535. The number of hydrogen-bond acceptors (Lipinski definition) is 1. The van der Waals surface area contributed by atoms with Gasteiger partial charge in [0.05, 0.1) is 0 Å². The van der Waals surface area contributed by atoms with Gasteiger partial charge in [-0.2, -0.15) is 0 Å². The lowest BCUT2D eigenvalue weighted by Crippen LogP contribution is -2.37. The van der Waals surface area contributed by atoms with Gasteiger partial charge in [0, 0.05) is 16.8 Å². The highest BCUT2D eigenvalue weighted by atomic mass is 35.5. The Hall–Kier alpha value is -0.800. The van der Waals surface area contributed by atoms with E-state index in [0.717, 1.165) is 16.3 Å². The average Bonchev–Trinajstić information content (AvgIpc) is 2.62. The predicted molar refractivity (Wildman–Crippen MR) is 87.0 cm³/mol. The van der Waals surface area contributed by atoms with Crippen LogP contribution in [0.4, 0.5) is 5.69 Å². The maximum Gasteiger partial charge on any atom is 0.170 e. The second-order valence-corrected chi connectivity index (χ2v) is 6.07. The van der Waals surface area contributed by atoms with Crippen molar-refractivity contribution in [3.05, 3.63) is 28.8 Å². The number of rotatable bonds is 2. The standard InChI is InChI=1S/C15H21ClN2S/c1-11-8-9-13(10-14(11)16)18-15(19)17-12-6-4-2-3-5-7-12/h8-10,12H,2-7H2,1H3,(H2,17,18,19). The minimum atomic E-state index is 0.517. The summed E-state index contributed by atoms with van der Waals surface area (Å²) in [5.41, 5.74) is 2.02. The van der Waals surface area contributed by atoms with Crippen LogP contribution >= 0.6 is 23.8 Å². The van der Waals surface area contributed by atoms with Gasteiger partial charge in [0.15, 0.2) is 5.11 Å². The molecule has 1 aromatic carbocycles. The van der Waals surface area contributed by atoms with Crippen molar-refractivity contribution in [1.29, 1.82) is 0 Å². The quantitative estimate of drug-likeness (QED) is 0.613. The third-order valence-electron chi connectivity index (χ3n) is 3.62. The summed E-state index contributed by atoms with van der Waals surface area (Å²) in [6.07, 6.45) is 7.75. The van der Waals surface area contributed by atoms with Crippen LogP contribution in [0.5, 0.6) is 0 Å². The van der Waals surface area contributed by atoms with Gasteiger partial charge >= 0.3 is 0 Å². The number of hydrogen-bond donors (Lipinski definition) is 2. The van der Waals surface area contributed by atoms with E-state index in [0.29, 0.717) is 11.2 Å². The molecule has 0 bridgehead atoms. The fourth-order valence-corrected chi connectivity index (χ4v) is 2.91. The van der Waals surface area contributed by atoms with E-state index in [1.54, 1.807) is 0 Å². The van der Waals surface area contributed by atoms with E-state index in [1.807, 2.05) is 25.1 Å². The summed E-state index contributed by atoms with van der Waals surface area (Å²) < 4.78 is 0. The Balaban J connectivity index is 1.87. The first kappa shape index (κ1) is 14.6. The fraction of sp³-hybridized carbons (Fsp3) is 0.533. The Labute approximate surface area is 125 Å². The molecule has 2 rings (SSSR count). The highest BCUT2D eigenvalue weighted by Gasteiger charge is 2.13. The Bertz CT molecular complexity index is 440. The summed E-state index contributed by atoms with van der Waals surface area (Å²) in [6, 6.07) is 6.43. The summed E-state index contributed by atoms with van der Waals surface area (Å²) in [5.74, 6) is 0. The van der Waals surface area contributed by atoms with Gasteiger partial charge in [-0.05, 0) is 49.7 Å². The van der Waals surface area contributed by atoms with Crippen LogP contribution in [0, 0.1) is 6.92 Å². The smallest absolute Gasteiger partial charge is 0.170 e. The number of thiocarbonyl (C=S) groups is 1. The van der Waals surface area contributed by atoms with Crippen molar-refractivity contribution in [2.75, 3.05) is 5.32 Å². The number of anilines is 1. The molecule has 2 nitrogen and oxygen atoms in total. The molecule has 1 aliphatic rings. The molecule has 0 aliphatic heterocycles. The van der Waals surface area contributed by atoms with Gasteiger partial charge in [-0.1, -0.05) is 43.4 Å². The maximum atomic E-state index is 6.11. The predicted octanol–water partition coefficient (Wildman–Crippen LogP) is 4.66. The van der Waals surface area contributed by atoms with Crippen LogP contribution in [0.3, 0.4) is 0 Å². The van der Waals surface area contributed by atoms with Gasteiger partial charge in [0.25, 0.3) is 0 Å². The SMILES string of the molecule is Cc1ccc(NC(=S)NC2CCCCCC2)cc1Cl. The highest BCUT2D eigenvalue weighted by Crippen LogP contribution is 2.20. The molecular formula is C15H21ClN2S. The van der Waals surface area contributed by atoms with Crippen LogP contribution < -0.4 is 10.6 Å². The summed E-state index contributed by atoms with van der Waals surface area (Å²) in [5, 5.41) is 8.10. The van der Waals surface area contributed by atoms with Crippen LogP contribution in [0.1, 0.15) is 44.1 Å². The molecule has 0 atom stereocenters. The van der Waals surface area contributed by atoms with E-state index in [9.17, 15) is 0 Å². The van der Waals surface area contributed by atoms with E-state index in [1.165, 1.54) is 38.5 Å². The average molecular weight is 297 g/mol. The fourth-order valence-electron chi connectivity index (χ4n) is 2.45. The lowest BCUT2D eigenvalue weighted by atomic mass is 10.1. The first-order valence-corrected chi connectivity index (χ1v) is 7.77. The normalized spacial score (nSPS) is 16.7. The van der Waals surface area contributed by atoms with Gasteiger partial charge in [-0.3, -0.25) is 0 Å². The Kier molecular flexibility index (Phi) is 5.46. The van der Waals surface area contributed by atoms with Crippen LogP contribution in [-0.2, 0) is 0 Å². The van der Waals surface area contributed by atoms with E-state index >= 15 is 0 Å². The number of halogens is 1. The lowest BCUT2D eigenvalue weighted by Gasteiger charge is -2.19. The second kappa shape index (κ2) is 7.11. The molecule has 19 heavy (non-hydrogen) atoms. The molecule has 1 aromatic rings. The van der Waals surface area contributed by atoms with Crippen molar-refractivity contribution in [3.8, 4) is 0 Å². The molecule has 0 radical (unpaired) electrons. The summed E-state index contributed by atoms with van der Waals surface area (Å²) in [6.45, 7) is 1.99. The number of nitrogens with one attached hydrogen (secondary N) is 2. The van der Waals surface area contributed by atoms with Gasteiger partial charge in [-0.25, -0.2) is 0 Å². The summed E-state index contributed by atoms with van der Waals surface area (Å²) in [7, 11) is 0. The molecule has 2 N–H and O–H groups in total. The Morgan fingerprint density at radius 2 is 1.89 bits per heavy atom. The molecule has 1 fully saturated rings. The van der Waals surface area contributed by atoms with Crippen molar-refractivity contribution in [3.63, 3.8) is 0 Å². The molecule has 0 saturated heterocycles. The molecule has 1 saturated carbocycles. The van der Waals surface area contributed by atoms with Crippen LogP contribution in [0.2, 0.25) is 5.02 Å². The maximum absolute atomic E-state index is 6.11. The van der Waals surface area contributed by atoms with Crippen molar-refractivity contribution in [1.82, 2.24) is 5.32 Å². The first-order chi connectivity index (χ1) is 9.15. The van der Waals surface area contributed by atoms with Crippen LogP contribution in [-0.4, -0.2) is 11.2 Å². The molecular weight excluding hydrogens is 276 g/mol. The van der Waals surface area contributed by atoms with Crippen molar-refractivity contribution < 1.29 is 0 Å². The molecule has 0 aromatic heterocycles. The zero-order valence-electron chi connectivity index (χ0n) is 11.3. The molecule has 0 amide bonds. The van der Waals surface area contributed by atoms with E-state index in [4.69, 9.17) is 23.8 Å². The van der Waals surface area contributed by atoms with Gasteiger partial charge in [0.1, 0.15) is 0 Å². The Morgan fingerprint density at radius 1 is 1.21 bits per heavy atom. The zero-order chi connectivity index (χ0) is 13.7. The van der Waals surface area contributed by atoms with E-state index in [-0.39, 0.29) is 0 Å². The molecule has 1 aliphatic carbocycles. The zero-order valence-corrected chi connectivity index (χ0v) is 12.9. The second-order valence-electron chi connectivity index (χ2n) is 5.25.